The first-order chi connectivity index (χ1) is 24.7. The van der Waals surface area contributed by atoms with E-state index in [1.165, 1.54) is 33.3 Å². The van der Waals surface area contributed by atoms with Gasteiger partial charge in [0.05, 0.1) is 11.4 Å². The molecule has 1 N–H and O–H groups in total. The number of rotatable bonds is 8. The molecule has 0 aliphatic heterocycles. The van der Waals surface area contributed by atoms with Gasteiger partial charge in [-0.15, -0.1) is 0 Å². The summed E-state index contributed by atoms with van der Waals surface area (Å²) in [5.74, 6) is 0.663. The van der Waals surface area contributed by atoms with Gasteiger partial charge in [-0.05, 0) is 73.1 Å². The van der Waals surface area contributed by atoms with Crippen molar-refractivity contribution in [1.29, 1.82) is 5.41 Å². The standard InChI is InChI=1S/C47H33N3/c1-2-11-40(31-48)33-20-24-35(25-21-33)45-30-46(50-47(49-45)39-16-10-15-37(28-39)32-12-4-3-5-13-32)36-26-22-34(23-27-36)44-29-38-14-6-7-17-41(38)42-18-8-9-19-43(42)44/h2-31,48H,1H2/b40-11+,48-31?. The Morgan fingerprint density at radius 1 is 0.480 bits per heavy atom. The zero-order valence-electron chi connectivity index (χ0n) is 27.4. The van der Waals surface area contributed by atoms with Crippen molar-refractivity contribution >= 4 is 33.3 Å². The molecule has 0 bridgehead atoms. The number of aromatic nitrogens is 2. The van der Waals surface area contributed by atoms with Crippen LogP contribution in [0, 0.1) is 5.41 Å². The Morgan fingerprint density at radius 3 is 1.76 bits per heavy atom. The van der Waals surface area contributed by atoms with Gasteiger partial charge < -0.3 is 5.41 Å². The molecule has 0 saturated carbocycles. The Balaban J connectivity index is 1.24. The lowest BCUT2D eigenvalue weighted by molar-refractivity contribution is 1.18. The van der Waals surface area contributed by atoms with E-state index in [0.29, 0.717) is 5.82 Å². The van der Waals surface area contributed by atoms with E-state index in [4.69, 9.17) is 15.4 Å². The van der Waals surface area contributed by atoms with Crippen LogP contribution in [0.25, 0.3) is 83.3 Å². The molecule has 1 heterocycles. The number of benzene rings is 7. The Kier molecular flexibility index (Phi) is 8.22. The van der Waals surface area contributed by atoms with Crippen LogP contribution in [0.3, 0.4) is 0 Å². The van der Waals surface area contributed by atoms with Crippen LogP contribution in [0.5, 0.6) is 0 Å². The van der Waals surface area contributed by atoms with Crippen molar-refractivity contribution in [2.75, 3.05) is 0 Å². The number of hydrogen-bond acceptors (Lipinski definition) is 3. The van der Waals surface area contributed by atoms with E-state index < -0.39 is 0 Å². The summed E-state index contributed by atoms with van der Waals surface area (Å²) in [5.41, 5.74) is 11.0. The van der Waals surface area contributed by atoms with Crippen LogP contribution in [0.1, 0.15) is 5.56 Å². The topological polar surface area (TPSA) is 49.6 Å². The van der Waals surface area contributed by atoms with Crippen LogP contribution in [-0.4, -0.2) is 16.2 Å². The summed E-state index contributed by atoms with van der Waals surface area (Å²) >= 11 is 0. The molecule has 8 aromatic rings. The summed E-state index contributed by atoms with van der Waals surface area (Å²) < 4.78 is 0. The highest BCUT2D eigenvalue weighted by molar-refractivity contribution is 6.13. The first kappa shape index (κ1) is 30.6. The average molecular weight is 640 g/mol. The van der Waals surface area contributed by atoms with Gasteiger partial charge in [-0.25, -0.2) is 9.97 Å². The zero-order valence-corrected chi connectivity index (χ0v) is 27.4. The molecule has 0 atom stereocenters. The van der Waals surface area contributed by atoms with Crippen LogP contribution in [0.2, 0.25) is 0 Å². The highest BCUT2D eigenvalue weighted by Gasteiger charge is 2.14. The third-order valence-electron chi connectivity index (χ3n) is 9.18. The minimum absolute atomic E-state index is 0.663. The Bertz CT molecular complexity index is 2550. The Hall–Kier alpha value is -6.71. The largest absolute Gasteiger partial charge is 0.308 e. The molecular weight excluding hydrogens is 607 g/mol. The fourth-order valence-electron chi connectivity index (χ4n) is 6.64. The van der Waals surface area contributed by atoms with Crippen LogP contribution in [-0.2, 0) is 0 Å². The van der Waals surface area contributed by atoms with Gasteiger partial charge in [-0.2, -0.15) is 0 Å². The van der Waals surface area contributed by atoms with Crippen LogP contribution in [0.15, 0.2) is 183 Å². The molecule has 7 aromatic carbocycles. The summed E-state index contributed by atoms with van der Waals surface area (Å²) in [6.45, 7) is 3.79. The molecule has 0 amide bonds. The smallest absolute Gasteiger partial charge is 0.160 e. The predicted molar refractivity (Wildman–Crippen MR) is 211 cm³/mol. The van der Waals surface area contributed by atoms with Crippen molar-refractivity contribution in [2.45, 2.75) is 0 Å². The number of hydrogen-bond donors (Lipinski definition) is 1. The summed E-state index contributed by atoms with van der Waals surface area (Å²) in [4.78, 5) is 10.3. The lowest BCUT2D eigenvalue weighted by Crippen LogP contribution is -1.96. The molecule has 3 heteroatoms. The second kappa shape index (κ2) is 13.4. The number of fused-ring (bicyclic) bond motifs is 3. The van der Waals surface area contributed by atoms with Crippen LogP contribution >= 0.6 is 0 Å². The van der Waals surface area contributed by atoms with Gasteiger partial charge >= 0.3 is 0 Å². The minimum Gasteiger partial charge on any atom is -0.308 e. The third-order valence-corrected chi connectivity index (χ3v) is 9.18. The molecule has 1 aromatic heterocycles. The molecule has 0 aliphatic carbocycles. The van der Waals surface area contributed by atoms with Gasteiger partial charge in [0.15, 0.2) is 5.82 Å². The Morgan fingerprint density at radius 2 is 1.06 bits per heavy atom. The molecular formula is C47H33N3. The fourth-order valence-corrected chi connectivity index (χ4v) is 6.64. The van der Waals surface area contributed by atoms with E-state index in [0.717, 1.165) is 55.9 Å². The van der Waals surface area contributed by atoms with Crippen molar-refractivity contribution in [3.8, 4) is 56.2 Å². The Labute approximate surface area is 292 Å². The average Bonchev–Trinajstić information content (AvgIpc) is 3.20. The van der Waals surface area contributed by atoms with E-state index in [2.05, 4.69) is 152 Å². The molecule has 50 heavy (non-hydrogen) atoms. The third kappa shape index (κ3) is 5.93. The molecule has 0 radical (unpaired) electrons. The SMILES string of the molecule is C=C/C=C(\C=N)c1ccc(-c2cc(-c3ccc(-c4cc5ccccc5c5ccccc45)cc3)nc(-c3cccc(-c4ccccc4)c3)n2)cc1. The van der Waals surface area contributed by atoms with Crippen LogP contribution < -0.4 is 0 Å². The monoisotopic (exact) mass is 639 g/mol. The van der Waals surface area contributed by atoms with Crippen molar-refractivity contribution in [3.05, 3.63) is 188 Å². The highest BCUT2D eigenvalue weighted by atomic mass is 14.9. The van der Waals surface area contributed by atoms with Gasteiger partial charge in [0.1, 0.15) is 0 Å². The summed E-state index contributed by atoms with van der Waals surface area (Å²) in [7, 11) is 0. The van der Waals surface area contributed by atoms with E-state index in [1.54, 1.807) is 6.08 Å². The molecule has 236 valence electrons. The zero-order chi connectivity index (χ0) is 33.9. The van der Waals surface area contributed by atoms with Crippen molar-refractivity contribution in [2.24, 2.45) is 0 Å². The quantitative estimate of drug-likeness (QED) is 0.102. The molecule has 8 rings (SSSR count). The summed E-state index contributed by atoms with van der Waals surface area (Å²) in [6.07, 6.45) is 4.89. The minimum atomic E-state index is 0.663. The van der Waals surface area contributed by atoms with E-state index >= 15 is 0 Å². The second-order valence-electron chi connectivity index (χ2n) is 12.3. The van der Waals surface area contributed by atoms with Crippen molar-refractivity contribution in [3.63, 3.8) is 0 Å². The summed E-state index contributed by atoms with van der Waals surface area (Å²) in [5, 5.41) is 12.8. The molecule has 0 saturated heterocycles. The molecule has 0 unspecified atom stereocenters. The maximum atomic E-state index is 7.83. The number of nitrogens with zero attached hydrogens (tertiary/aromatic N) is 2. The molecule has 0 spiro atoms. The van der Waals surface area contributed by atoms with Gasteiger partial charge in [0, 0.05) is 22.9 Å². The van der Waals surface area contributed by atoms with Gasteiger partial charge in [-0.3, -0.25) is 0 Å². The highest BCUT2D eigenvalue weighted by Crippen LogP contribution is 2.36. The number of nitrogens with one attached hydrogen (secondary N) is 1. The van der Waals surface area contributed by atoms with E-state index in [1.807, 2.05) is 24.3 Å². The lowest BCUT2D eigenvalue weighted by Gasteiger charge is -2.13. The first-order valence-electron chi connectivity index (χ1n) is 16.7. The molecule has 3 nitrogen and oxygen atoms in total. The normalized spacial score (nSPS) is 11.5. The van der Waals surface area contributed by atoms with Gasteiger partial charge in [0.25, 0.3) is 0 Å². The van der Waals surface area contributed by atoms with Crippen LogP contribution in [0.4, 0.5) is 0 Å². The van der Waals surface area contributed by atoms with Gasteiger partial charge in [0.2, 0.25) is 0 Å². The summed E-state index contributed by atoms with van der Waals surface area (Å²) in [6, 6.07) is 57.3. The van der Waals surface area contributed by atoms with Crippen molar-refractivity contribution in [1.82, 2.24) is 9.97 Å². The number of allylic oxidation sites excluding steroid dienone is 3. The maximum absolute atomic E-state index is 7.83. The van der Waals surface area contributed by atoms with E-state index in [9.17, 15) is 0 Å². The fraction of sp³-hybridized carbons (Fsp3) is 0. The van der Waals surface area contributed by atoms with Gasteiger partial charge in [-0.1, -0.05) is 164 Å². The molecule has 0 aliphatic rings. The van der Waals surface area contributed by atoms with Crippen molar-refractivity contribution < 1.29 is 0 Å². The lowest BCUT2D eigenvalue weighted by atomic mass is 9.92. The van der Waals surface area contributed by atoms with E-state index in [-0.39, 0.29) is 0 Å². The first-order valence-corrected chi connectivity index (χ1v) is 16.7. The predicted octanol–water partition coefficient (Wildman–Crippen LogP) is 12.3. The second-order valence-corrected chi connectivity index (χ2v) is 12.3. The molecule has 0 fully saturated rings. The maximum Gasteiger partial charge on any atom is 0.160 e.